The molecule has 2 aliphatic carbocycles. The first-order valence-electron chi connectivity index (χ1n) is 10.9. The molecule has 0 aromatic heterocycles. The van der Waals surface area contributed by atoms with Crippen LogP contribution in [-0.2, 0) is 14.3 Å². The smallest absolute Gasteiger partial charge is 0.310 e. The van der Waals surface area contributed by atoms with E-state index in [0.717, 1.165) is 23.3 Å². The van der Waals surface area contributed by atoms with E-state index in [9.17, 15) is 9.59 Å². The molecule has 2 bridgehead atoms. The minimum atomic E-state index is -0.336. The fourth-order valence-corrected chi connectivity index (χ4v) is 6.54. The number of fused-ring (bicyclic) bond motifs is 1. The molecule has 1 heterocycles. The van der Waals surface area contributed by atoms with Crippen LogP contribution in [0.4, 0.5) is 5.69 Å². The molecule has 6 heteroatoms. The third-order valence-electron chi connectivity index (χ3n) is 6.97. The zero-order valence-electron chi connectivity index (χ0n) is 17.8. The van der Waals surface area contributed by atoms with Crippen LogP contribution in [0.2, 0.25) is 0 Å². The van der Waals surface area contributed by atoms with Crippen molar-refractivity contribution < 1.29 is 19.1 Å². The molecule has 2 saturated carbocycles. The van der Waals surface area contributed by atoms with Gasteiger partial charge in [0.05, 0.1) is 16.7 Å². The molecule has 1 N–H and O–H groups in total. The van der Waals surface area contributed by atoms with Crippen molar-refractivity contribution in [1.29, 1.82) is 0 Å². The topological polar surface area (TPSA) is 64.6 Å². The van der Waals surface area contributed by atoms with Crippen molar-refractivity contribution in [3.8, 4) is 11.5 Å². The number of esters is 1. The molecule has 6 atom stereocenters. The Labute approximate surface area is 190 Å². The van der Waals surface area contributed by atoms with Gasteiger partial charge in [0, 0.05) is 11.6 Å². The van der Waals surface area contributed by atoms with Crippen LogP contribution in [0.1, 0.15) is 37.3 Å². The standard InChI is InChI=1S/C25H26BrNO4/c1-12(2)16-9-4-13(3)10-19(16)30-15-7-5-14(6-8-15)27-24(28)20-17-11-18-21(20)25(29)31-23(18)22(17)26/h4-10,12,17-18,20-23H,11H2,1-3H3,(H,27,28)/t17-,18-,20-,21+,22+,23+/m1/s1. The van der Waals surface area contributed by atoms with E-state index < -0.39 is 0 Å². The number of ether oxygens (including phenoxy) is 2. The Morgan fingerprint density at radius 2 is 1.90 bits per heavy atom. The number of hydrogen-bond acceptors (Lipinski definition) is 4. The lowest BCUT2D eigenvalue weighted by Crippen LogP contribution is -2.40. The molecule has 162 valence electrons. The largest absolute Gasteiger partial charge is 0.461 e. The first-order valence-corrected chi connectivity index (χ1v) is 11.8. The molecule has 3 fully saturated rings. The molecular formula is C25H26BrNO4. The van der Waals surface area contributed by atoms with Gasteiger partial charge in [-0.25, -0.2) is 0 Å². The van der Waals surface area contributed by atoms with Crippen molar-refractivity contribution in [1.82, 2.24) is 0 Å². The lowest BCUT2D eigenvalue weighted by molar-refractivity contribution is -0.145. The molecule has 5 rings (SSSR count). The van der Waals surface area contributed by atoms with Crippen LogP contribution in [-0.4, -0.2) is 22.8 Å². The maximum absolute atomic E-state index is 13.0. The average molecular weight is 484 g/mol. The number of anilines is 1. The molecule has 2 aromatic rings. The Balaban J connectivity index is 1.29. The summed E-state index contributed by atoms with van der Waals surface area (Å²) in [5.74, 6) is 1.27. The van der Waals surface area contributed by atoms with Gasteiger partial charge < -0.3 is 14.8 Å². The number of carbonyl (C=O) groups excluding carboxylic acids is 2. The van der Waals surface area contributed by atoms with E-state index in [0.29, 0.717) is 17.4 Å². The van der Waals surface area contributed by atoms with Crippen LogP contribution >= 0.6 is 15.9 Å². The summed E-state index contributed by atoms with van der Waals surface area (Å²) in [7, 11) is 0. The van der Waals surface area contributed by atoms with Crippen LogP contribution in [0.15, 0.2) is 42.5 Å². The third-order valence-corrected chi connectivity index (χ3v) is 8.17. The van der Waals surface area contributed by atoms with E-state index in [1.807, 2.05) is 37.3 Å². The summed E-state index contributed by atoms with van der Waals surface area (Å²) in [4.78, 5) is 25.4. The Kier molecular flexibility index (Phi) is 5.08. The highest BCUT2D eigenvalue weighted by Crippen LogP contribution is 2.60. The average Bonchev–Trinajstić information content (AvgIpc) is 3.33. The number of benzene rings is 2. The number of halogens is 1. The highest BCUT2D eigenvalue weighted by molar-refractivity contribution is 9.09. The van der Waals surface area contributed by atoms with Crippen LogP contribution < -0.4 is 10.1 Å². The van der Waals surface area contributed by atoms with Crippen LogP contribution in [0, 0.1) is 30.6 Å². The van der Waals surface area contributed by atoms with E-state index >= 15 is 0 Å². The predicted octanol–water partition coefficient (Wildman–Crippen LogP) is 5.42. The number of carbonyl (C=O) groups is 2. The van der Waals surface area contributed by atoms with Crippen molar-refractivity contribution in [3.63, 3.8) is 0 Å². The van der Waals surface area contributed by atoms with E-state index in [1.165, 1.54) is 0 Å². The monoisotopic (exact) mass is 483 g/mol. The Bertz CT molecular complexity index is 1030. The van der Waals surface area contributed by atoms with E-state index in [-0.39, 0.29) is 46.5 Å². The van der Waals surface area contributed by atoms with Crippen molar-refractivity contribution in [2.45, 2.75) is 44.0 Å². The summed E-state index contributed by atoms with van der Waals surface area (Å²) in [5.41, 5.74) is 3.00. The molecular weight excluding hydrogens is 458 g/mol. The Morgan fingerprint density at radius 1 is 1.16 bits per heavy atom. The number of nitrogens with one attached hydrogen (secondary N) is 1. The summed E-state index contributed by atoms with van der Waals surface area (Å²) in [6.07, 6.45) is 0.802. The second-order valence-corrected chi connectivity index (χ2v) is 10.3. The number of rotatable bonds is 5. The fraction of sp³-hybridized carbons (Fsp3) is 0.440. The van der Waals surface area contributed by atoms with E-state index in [4.69, 9.17) is 9.47 Å². The SMILES string of the molecule is Cc1ccc(C(C)C)c(Oc2ccc(NC(=O)[C@@H]3[C@H]4C[C@H]5[C@H](OC(=O)[C@@H]53)[C@H]4Br)cc2)c1. The normalized spacial score (nSPS) is 30.5. The van der Waals surface area contributed by atoms with Gasteiger partial charge in [0.1, 0.15) is 17.6 Å². The van der Waals surface area contributed by atoms with Gasteiger partial charge in [0.2, 0.25) is 5.91 Å². The molecule has 0 unspecified atom stereocenters. The molecule has 3 aliphatic rings. The van der Waals surface area contributed by atoms with Crippen molar-refractivity contribution >= 4 is 33.5 Å². The van der Waals surface area contributed by atoms with Gasteiger partial charge in [-0.05, 0) is 66.6 Å². The van der Waals surface area contributed by atoms with E-state index in [1.54, 1.807) is 0 Å². The summed E-state index contributed by atoms with van der Waals surface area (Å²) in [6.45, 7) is 6.34. The van der Waals surface area contributed by atoms with Gasteiger partial charge in [0.25, 0.3) is 0 Å². The van der Waals surface area contributed by atoms with Crippen molar-refractivity contribution in [3.05, 3.63) is 53.6 Å². The van der Waals surface area contributed by atoms with Crippen LogP contribution in [0.5, 0.6) is 11.5 Å². The summed E-state index contributed by atoms with van der Waals surface area (Å²) in [5, 5.41) is 3.00. The summed E-state index contributed by atoms with van der Waals surface area (Å²) < 4.78 is 11.6. The Hall–Kier alpha value is -2.34. The molecule has 0 radical (unpaired) electrons. The van der Waals surface area contributed by atoms with Crippen LogP contribution in [0.25, 0.3) is 0 Å². The first-order chi connectivity index (χ1) is 14.8. The number of amides is 1. The zero-order chi connectivity index (χ0) is 21.9. The van der Waals surface area contributed by atoms with E-state index in [2.05, 4.69) is 47.2 Å². The molecule has 1 amide bonds. The maximum Gasteiger partial charge on any atom is 0.310 e. The maximum atomic E-state index is 13.0. The van der Waals surface area contributed by atoms with Crippen molar-refractivity contribution in [2.24, 2.45) is 23.7 Å². The third kappa shape index (κ3) is 3.45. The lowest BCUT2D eigenvalue weighted by atomic mass is 9.79. The first kappa shape index (κ1) is 20.6. The second-order valence-electron chi connectivity index (χ2n) is 9.27. The molecule has 0 spiro atoms. The molecule has 31 heavy (non-hydrogen) atoms. The highest BCUT2D eigenvalue weighted by Gasteiger charge is 2.67. The summed E-state index contributed by atoms with van der Waals surface area (Å²) >= 11 is 3.66. The van der Waals surface area contributed by atoms with Gasteiger partial charge >= 0.3 is 5.97 Å². The van der Waals surface area contributed by atoms with Crippen LogP contribution in [0.3, 0.4) is 0 Å². The van der Waals surface area contributed by atoms with Gasteiger partial charge in [-0.15, -0.1) is 0 Å². The molecule has 2 aromatic carbocycles. The fourth-order valence-electron chi connectivity index (χ4n) is 5.50. The number of alkyl halides is 1. The predicted molar refractivity (Wildman–Crippen MR) is 122 cm³/mol. The molecule has 1 saturated heterocycles. The van der Waals surface area contributed by atoms with Gasteiger partial charge in [-0.1, -0.05) is 41.9 Å². The summed E-state index contributed by atoms with van der Waals surface area (Å²) in [6, 6.07) is 13.6. The minimum absolute atomic E-state index is 0.0659. The zero-order valence-corrected chi connectivity index (χ0v) is 19.4. The van der Waals surface area contributed by atoms with Gasteiger partial charge in [-0.3, -0.25) is 9.59 Å². The lowest BCUT2D eigenvalue weighted by Gasteiger charge is -2.27. The molecule has 1 aliphatic heterocycles. The number of aryl methyl sites for hydroxylation is 1. The minimum Gasteiger partial charge on any atom is -0.461 e. The molecule has 5 nitrogen and oxygen atoms in total. The Morgan fingerprint density at radius 3 is 2.61 bits per heavy atom. The number of hydrogen-bond donors (Lipinski definition) is 1. The highest BCUT2D eigenvalue weighted by atomic mass is 79.9. The second kappa shape index (κ2) is 7.66. The van der Waals surface area contributed by atoms with Gasteiger partial charge in [0.15, 0.2) is 0 Å². The van der Waals surface area contributed by atoms with Gasteiger partial charge in [-0.2, -0.15) is 0 Å². The quantitative estimate of drug-likeness (QED) is 0.455. The van der Waals surface area contributed by atoms with Crippen molar-refractivity contribution in [2.75, 3.05) is 5.32 Å².